The van der Waals surface area contributed by atoms with Crippen LogP contribution in [0.25, 0.3) is 11.0 Å². The Bertz CT molecular complexity index is 1110. The number of carbonyl (C=O) groups excluding carboxylic acids is 1. The zero-order valence-electron chi connectivity index (χ0n) is 16.6. The standard InChI is InChI=1S/C23H22F3N3O/c1-2-21-12-22(13-21,14-21)28-20(30)17-7-9-27-18-8-10-29(19(17)18)11-15-3-5-16(6-4-15)23(24,25)26/h3-10H,2,11-14H2,1H3,(H,28,30). The Morgan fingerprint density at radius 1 is 1.13 bits per heavy atom. The first kappa shape index (κ1) is 19.2. The summed E-state index contributed by atoms with van der Waals surface area (Å²) in [7, 11) is 0. The zero-order valence-corrected chi connectivity index (χ0v) is 16.6. The van der Waals surface area contributed by atoms with Crippen LogP contribution in [0.5, 0.6) is 0 Å². The van der Waals surface area contributed by atoms with E-state index in [1.807, 2.05) is 16.8 Å². The van der Waals surface area contributed by atoms with Crippen molar-refractivity contribution in [1.29, 1.82) is 0 Å². The van der Waals surface area contributed by atoms with Crippen molar-refractivity contribution in [3.63, 3.8) is 0 Å². The molecule has 7 heteroatoms. The molecule has 3 fully saturated rings. The van der Waals surface area contributed by atoms with Crippen LogP contribution in [-0.2, 0) is 12.7 Å². The van der Waals surface area contributed by atoms with Gasteiger partial charge in [0.05, 0.1) is 22.2 Å². The Balaban J connectivity index is 1.40. The van der Waals surface area contributed by atoms with Crippen LogP contribution in [-0.4, -0.2) is 21.0 Å². The number of fused-ring (bicyclic) bond motifs is 1. The molecule has 3 aliphatic rings. The molecule has 0 spiro atoms. The van der Waals surface area contributed by atoms with Gasteiger partial charge in [-0.3, -0.25) is 9.78 Å². The van der Waals surface area contributed by atoms with Gasteiger partial charge in [0.15, 0.2) is 0 Å². The molecule has 30 heavy (non-hydrogen) atoms. The Morgan fingerprint density at radius 3 is 2.47 bits per heavy atom. The van der Waals surface area contributed by atoms with Gasteiger partial charge < -0.3 is 9.88 Å². The molecule has 0 radical (unpaired) electrons. The first-order valence-corrected chi connectivity index (χ1v) is 10.2. The van der Waals surface area contributed by atoms with Gasteiger partial charge in [0.1, 0.15) is 0 Å². The number of nitrogens with zero attached hydrogens (tertiary/aromatic N) is 2. The summed E-state index contributed by atoms with van der Waals surface area (Å²) in [4.78, 5) is 17.4. The Kier molecular flexibility index (Phi) is 4.04. The molecule has 2 bridgehead atoms. The molecule has 1 amide bonds. The van der Waals surface area contributed by atoms with Crippen LogP contribution in [0.15, 0.2) is 48.8 Å². The van der Waals surface area contributed by atoms with E-state index in [0.717, 1.165) is 43.4 Å². The van der Waals surface area contributed by atoms with Crippen molar-refractivity contribution in [2.24, 2.45) is 5.41 Å². The molecule has 3 aromatic rings. The van der Waals surface area contributed by atoms with Gasteiger partial charge in [-0.2, -0.15) is 13.2 Å². The molecule has 6 rings (SSSR count). The number of halogens is 3. The summed E-state index contributed by atoms with van der Waals surface area (Å²) in [5, 5.41) is 3.23. The minimum atomic E-state index is -4.36. The van der Waals surface area contributed by atoms with Gasteiger partial charge >= 0.3 is 6.18 Å². The summed E-state index contributed by atoms with van der Waals surface area (Å²) in [6.45, 7) is 2.56. The van der Waals surface area contributed by atoms with Crippen LogP contribution in [0, 0.1) is 5.41 Å². The second kappa shape index (κ2) is 6.33. The van der Waals surface area contributed by atoms with Crippen molar-refractivity contribution in [3.05, 3.63) is 65.5 Å². The van der Waals surface area contributed by atoms with Gasteiger partial charge in [0.25, 0.3) is 5.91 Å². The van der Waals surface area contributed by atoms with Crippen LogP contribution in [0.1, 0.15) is 54.1 Å². The average Bonchev–Trinajstić information content (AvgIpc) is 3.06. The molecule has 0 aliphatic heterocycles. The zero-order chi connectivity index (χ0) is 21.1. The van der Waals surface area contributed by atoms with Gasteiger partial charge in [-0.05, 0) is 54.5 Å². The molecule has 156 valence electrons. The van der Waals surface area contributed by atoms with E-state index >= 15 is 0 Å². The van der Waals surface area contributed by atoms with Crippen molar-refractivity contribution in [1.82, 2.24) is 14.9 Å². The monoisotopic (exact) mass is 413 g/mol. The van der Waals surface area contributed by atoms with E-state index < -0.39 is 11.7 Å². The molecule has 2 aromatic heterocycles. The number of aromatic nitrogens is 2. The van der Waals surface area contributed by atoms with E-state index in [4.69, 9.17) is 0 Å². The second-order valence-corrected chi connectivity index (χ2v) is 8.85. The van der Waals surface area contributed by atoms with Gasteiger partial charge in [0, 0.05) is 24.5 Å². The number of benzene rings is 1. The summed E-state index contributed by atoms with van der Waals surface area (Å²) >= 11 is 0. The van der Waals surface area contributed by atoms with Crippen LogP contribution < -0.4 is 5.32 Å². The molecule has 4 nitrogen and oxygen atoms in total. The molecule has 3 aliphatic carbocycles. The lowest BCUT2D eigenvalue weighted by Gasteiger charge is -2.70. The summed E-state index contributed by atoms with van der Waals surface area (Å²) in [5.41, 5.74) is 2.36. The summed E-state index contributed by atoms with van der Waals surface area (Å²) < 4.78 is 40.3. The molecular weight excluding hydrogens is 391 g/mol. The highest BCUT2D eigenvalue weighted by Gasteiger charge is 2.67. The molecule has 2 heterocycles. The lowest BCUT2D eigenvalue weighted by atomic mass is 9.38. The summed E-state index contributed by atoms with van der Waals surface area (Å²) in [5.74, 6) is -0.112. The molecule has 0 unspecified atom stereocenters. The van der Waals surface area contributed by atoms with E-state index in [9.17, 15) is 18.0 Å². The largest absolute Gasteiger partial charge is 0.416 e. The highest BCUT2D eigenvalue weighted by Crippen LogP contribution is 2.68. The third kappa shape index (κ3) is 2.99. The van der Waals surface area contributed by atoms with Gasteiger partial charge in [-0.1, -0.05) is 25.5 Å². The number of nitrogens with one attached hydrogen (secondary N) is 1. The smallest absolute Gasteiger partial charge is 0.346 e. The van der Waals surface area contributed by atoms with Crippen LogP contribution in [0.2, 0.25) is 0 Å². The summed E-state index contributed by atoms with van der Waals surface area (Å²) in [6.07, 6.45) is 3.37. The lowest BCUT2D eigenvalue weighted by molar-refractivity contribution is -0.149. The molecular formula is C23H22F3N3O. The SMILES string of the molecule is CCC12CC(NC(=O)c3ccnc4ccn(Cc5ccc(C(F)(F)F)cc5)c34)(C1)C2. The molecule has 0 saturated heterocycles. The van der Waals surface area contributed by atoms with Crippen molar-refractivity contribution in [2.45, 2.75) is 50.9 Å². The Labute approximate surface area is 172 Å². The average molecular weight is 413 g/mol. The number of rotatable bonds is 5. The Morgan fingerprint density at radius 2 is 1.83 bits per heavy atom. The molecule has 0 atom stereocenters. The second-order valence-electron chi connectivity index (χ2n) is 8.85. The maximum Gasteiger partial charge on any atom is 0.416 e. The first-order chi connectivity index (χ1) is 14.2. The third-order valence-corrected chi connectivity index (χ3v) is 6.80. The minimum absolute atomic E-state index is 0.0620. The predicted molar refractivity (Wildman–Crippen MR) is 107 cm³/mol. The highest BCUT2D eigenvalue weighted by atomic mass is 19.4. The topological polar surface area (TPSA) is 46.9 Å². The van der Waals surface area contributed by atoms with E-state index in [0.29, 0.717) is 28.6 Å². The molecule has 3 saturated carbocycles. The fourth-order valence-corrected chi connectivity index (χ4v) is 5.25. The summed E-state index contributed by atoms with van der Waals surface area (Å²) in [6, 6.07) is 8.64. The number of pyridine rings is 1. The van der Waals surface area contributed by atoms with Crippen LogP contribution in [0.4, 0.5) is 13.2 Å². The first-order valence-electron chi connectivity index (χ1n) is 10.2. The minimum Gasteiger partial charge on any atom is -0.346 e. The number of amides is 1. The van der Waals surface area contributed by atoms with Crippen molar-refractivity contribution in [2.75, 3.05) is 0 Å². The van der Waals surface area contributed by atoms with E-state index in [-0.39, 0.29) is 11.4 Å². The normalized spacial score (nSPS) is 24.9. The maximum atomic E-state index is 13.1. The van der Waals surface area contributed by atoms with E-state index in [1.54, 1.807) is 12.3 Å². The molecule has 1 N–H and O–H groups in total. The van der Waals surface area contributed by atoms with Crippen molar-refractivity contribution >= 4 is 16.9 Å². The lowest BCUT2D eigenvalue weighted by Crippen LogP contribution is -2.74. The number of hydrogen-bond acceptors (Lipinski definition) is 2. The highest BCUT2D eigenvalue weighted by molar-refractivity contribution is 6.05. The fraction of sp³-hybridized carbons (Fsp3) is 0.391. The predicted octanol–water partition coefficient (Wildman–Crippen LogP) is 5.17. The van der Waals surface area contributed by atoms with E-state index in [1.165, 1.54) is 12.1 Å². The van der Waals surface area contributed by atoms with Gasteiger partial charge in [-0.15, -0.1) is 0 Å². The maximum absolute atomic E-state index is 13.1. The molecule has 1 aromatic carbocycles. The van der Waals surface area contributed by atoms with Crippen molar-refractivity contribution in [3.8, 4) is 0 Å². The Hall–Kier alpha value is -2.83. The van der Waals surface area contributed by atoms with Crippen LogP contribution >= 0.6 is 0 Å². The van der Waals surface area contributed by atoms with E-state index in [2.05, 4.69) is 17.2 Å². The number of alkyl halides is 3. The van der Waals surface area contributed by atoms with Gasteiger partial charge in [-0.25, -0.2) is 0 Å². The number of carbonyl (C=O) groups is 1. The third-order valence-electron chi connectivity index (χ3n) is 6.80. The van der Waals surface area contributed by atoms with Crippen molar-refractivity contribution < 1.29 is 18.0 Å². The van der Waals surface area contributed by atoms with Crippen LogP contribution in [0.3, 0.4) is 0 Å². The van der Waals surface area contributed by atoms with Gasteiger partial charge in [0.2, 0.25) is 0 Å². The quantitative estimate of drug-likeness (QED) is 0.628. The number of hydrogen-bond donors (Lipinski definition) is 1. The fourth-order valence-electron chi connectivity index (χ4n) is 5.25.